The van der Waals surface area contributed by atoms with Gasteiger partial charge in [-0.05, 0) is 43.3 Å². The van der Waals surface area contributed by atoms with Gasteiger partial charge < -0.3 is 24.8 Å². The second-order valence-corrected chi connectivity index (χ2v) is 9.17. The highest BCUT2D eigenvalue weighted by atomic mass is 19.1. The SMILES string of the molecule is C[C@H]1CN(CC(=O)Nc2ccc(N3CCOCC3)cc2)CCN1C[C@H](O)COc1ccccc1F. The maximum absolute atomic E-state index is 13.7. The Morgan fingerprint density at radius 3 is 2.60 bits per heavy atom. The Labute approximate surface area is 206 Å². The summed E-state index contributed by atoms with van der Waals surface area (Å²) < 4.78 is 24.5. The summed E-state index contributed by atoms with van der Waals surface area (Å²) in [6, 6.07) is 14.3. The second-order valence-electron chi connectivity index (χ2n) is 9.17. The number of hydrogen-bond acceptors (Lipinski definition) is 7. The highest BCUT2D eigenvalue weighted by Gasteiger charge is 2.26. The summed E-state index contributed by atoms with van der Waals surface area (Å²) in [4.78, 5) is 19.2. The van der Waals surface area contributed by atoms with E-state index in [1.807, 2.05) is 24.3 Å². The van der Waals surface area contributed by atoms with Crippen molar-refractivity contribution < 1.29 is 23.8 Å². The van der Waals surface area contributed by atoms with E-state index in [9.17, 15) is 14.3 Å². The van der Waals surface area contributed by atoms with Crippen LogP contribution >= 0.6 is 0 Å². The largest absolute Gasteiger partial charge is 0.488 e. The van der Waals surface area contributed by atoms with Gasteiger partial charge in [0.1, 0.15) is 12.7 Å². The number of anilines is 2. The first-order chi connectivity index (χ1) is 17.0. The molecule has 2 saturated heterocycles. The number of hydrogen-bond donors (Lipinski definition) is 2. The normalized spacial score (nSPS) is 20.4. The Morgan fingerprint density at radius 2 is 1.89 bits per heavy atom. The molecule has 190 valence electrons. The minimum absolute atomic E-state index is 0.0284. The molecule has 2 fully saturated rings. The van der Waals surface area contributed by atoms with Crippen LogP contribution in [0.1, 0.15) is 6.92 Å². The molecule has 0 aliphatic carbocycles. The molecule has 2 heterocycles. The molecule has 1 amide bonds. The Balaban J connectivity index is 1.17. The summed E-state index contributed by atoms with van der Waals surface area (Å²) in [5.74, 6) is -0.331. The molecule has 0 unspecified atom stereocenters. The first kappa shape index (κ1) is 25.4. The molecule has 0 bridgehead atoms. The molecule has 2 atom stereocenters. The molecule has 2 aromatic carbocycles. The molecule has 8 nitrogen and oxygen atoms in total. The lowest BCUT2D eigenvalue weighted by Crippen LogP contribution is -2.55. The van der Waals surface area contributed by atoms with Crippen molar-refractivity contribution in [1.29, 1.82) is 0 Å². The van der Waals surface area contributed by atoms with Crippen LogP contribution in [0.25, 0.3) is 0 Å². The minimum Gasteiger partial charge on any atom is -0.488 e. The molecular formula is C26H35FN4O4. The first-order valence-electron chi connectivity index (χ1n) is 12.2. The number of nitrogens with zero attached hydrogens (tertiary/aromatic N) is 3. The monoisotopic (exact) mass is 486 g/mol. The molecule has 2 aromatic rings. The van der Waals surface area contributed by atoms with Gasteiger partial charge >= 0.3 is 0 Å². The standard InChI is InChI=1S/C26H35FN4O4/c1-20-16-29(10-11-31(20)17-23(32)19-35-25-5-3-2-4-24(25)27)18-26(33)28-21-6-8-22(9-7-21)30-12-14-34-15-13-30/h2-9,20,23,32H,10-19H2,1H3,(H,28,33)/t20-,23-/m0/s1. The van der Waals surface area contributed by atoms with Gasteiger partial charge in [0.25, 0.3) is 0 Å². The van der Waals surface area contributed by atoms with Crippen molar-refractivity contribution >= 4 is 17.3 Å². The molecule has 0 saturated carbocycles. The van der Waals surface area contributed by atoms with E-state index in [-0.39, 0.29) is 24.3 Å². The van der Waals surface area contributed by atoms with E-state index in [2.05, 4.69) is 26.9 Å². The topological polar surface area (TPSA) is 77.5 Å². The van der Waals surface area contributed by atoms with E-state index in [1.165, 1.54) is 6.07 Å². The van der Waals surface area contributed by atoms with Gasteiger partial charge in [-0.3, -0.25) is 14.6 Å². The molecule has 9 heteroatoms. The molecule has 0 spiro atoms. The van der Waals surface area contributed by atoms with E-state index >= 15 is 0 Å². The van der Waals surface area contributed by atoms with Crippen LogP contribution < -0.4 is 15.0 Å². The predicted molar refractivity (Wildman–Crippen MR) is 133 cm³/mol. The maximum Gasteiger partial charge on any atom is 0.238 e. The summed E-state index contributed by atoms with van der Waals surface area (Å²) in [5.41, 5.74) is 1.93. The lowest BCUT2D eigenvalue weighted by Gasteiger charge is -2.40. The number of carbonyl (C=O) groups excluding carboxylic acids is 1. The second kappa shape index (κ2) is 12.3. The Bertz CT molecular complexity index is 955. The third-order valence-corrected chi connectivity index (χ3v) is 6.46. The zero-order chi connectivity index (χ0) is 24.6. The summed E-state index contributed by atoms with van der Waals surface area (Å²) >= 11 is 0. The number of piperazine rings is 1. The van der Waals surface area contributed by atoms with Crippen molar-refractivity contribution in [2.75, 3.05) is 75.9 Å². The lowest BCUT2D eigenvalue weighted by molar-refractivity contribution is -0.118. The van der Waals surface area contributed by atoms with Crippen molar-refractivity contribution in [3.05, 3.63) is 54.3 Å². The number of carbonyl (C=O) groups is 1. The Kier molecular flexibility index (Phi) is 8.92. The van der Waals surface area contributed by atoms with Crippen LogP contribution in [0.5, 0.6) is 5.75 Å². The van der Waals surface area contributed by atoms with Gasteiger partial charge in [-0.1, -0.05) is 12.1 Å². The van der Waals surface area contributed by atoms with Gasteiger partial charge in [-0.2, -0.15) is 0 Å². The molecule has 35 heavy (non-hydrogen) atoms. The third kappa shape index (κ3) is 7.38. The first-order valence-corrected chi connectivity index (χ1v) is 12.2. The highest BCUT2D eigenvalue weighted by molar-refractivity contribution is 5.92. The number of β-amino-alcohol motifs (C(OH)–C–C–N with tert-alkyl or cyclic N) is 1. The van der Waals surface area contributed by atoms with E-state index in [4.69, 9.17) is 9.47 Å². The van der Waals surface area contributed by atoms with E-state index in [0.717, 1.165) is 57.3 Å². The molecule has 0 aromatic heterocycles. The number of morpholine rings is 1. The van der Waals surface area contributed by atoms with Gasteiger partial charge in [-0.15, -0.1) is 0 Å². The average molecular weight is 487 g/mol. The highest BCUT2D eigenvalue weighted by Crippen LogP contribution is 2.19. The summed E-state index contributed by atoms with van der Waals surface area (Å²) in [7, 11) is 0. The summed E-state index contributed by atoms with van der Waals surface area (Å²) in [6.45, 7) is 8.30. The Hall–Kier alpha value is -2.72. The van der Waals surface area contributed by atoms with Crippen LogP contribution in [0.2, 0.25) is 0 Å². The molecule has 0 radical (unpaired) electrons. The molecule has 4 rings (SSSR count). The summed E-state index contributed by atoms with van der Waals surface area (Å²) in [5, 5.41) is 13.4. The van der Waals surface area contributed by atoms with Crippen molar-refractivity contribution in [3.63, 3.8) is 0 Å². The number of benzene rings is 2. The van der Waals surface area contributed by atoms with E-state index < -0.39 is 11.9 Å². The number of halogens is 1. The van der Waals surface area contributed by atoms with Crippen molar-refractivity contribution in [2.45, 2.75) is 19.1 Å². The zero-order valence-corrected chi connectivity index (χ0v) is 20.2. The van der Waals surface area contributed by atoms with Crippen LogP contribution in [-0.4, -0.2) is 98.6 Å². The van der Waals surface area contributed by atoms with Crippen molar-refractivity contribution in [1.82, 2.24) is 9.80 Å². The molecule has 2 aliphatic heterocycles. The molecule has 2 N–H and O–H groups in total. The Morgan fingerprint density at radius 1 is 1.14 bits per heavy atom. The fraction of sp³-hybridized carbons (Fsp3) is 0.500. The fourth-order valence-electron chi connectivity index (χ4n) is 4.54. The maximum atomic E-state index is 13.7. The van der Waals surface area contributed by atoms with E-state index in [0.29, 0.717) is 13.1 Å². The van der Waals surface area contributed by atoms with Gasteiger partial charge in [0.05, 0.1) is 19.8 Å². The van der Waals surface area contributed by atoms with Gasteiger partial charge in [0.15, 0.2) is 11.6 Å². The number of para-hydroxylation sites is 1. The average Bonchev–Trinajstić information content (AvgIpc) is 2.86. The van der Waals surface area contributed by atoms with Crippen LogP contribution in [0.15, 0.2) is 48.5 Å². The number of ether oxygens (including phenoxy) is 2. The molecule has 2 aliphatic rings. The number of aliphatic hydroxyl groups is 1. The predicted octanol–water partition coefficient (Wildman–Crippen LogP) is 2.05. The zero-order valence-electron chi connectivity index (χ0n) is 20.2. The number of nitrogens with one attached hydrogen (secondary N) is 1. The van der Waals surface area contributed by atoms with Gasteiger partial charge in [0, 0.05) is 56.7 Å². The van der Waals surface area contributed by atoms with Gasteiger partial charge in [-0.25, -0.2) is 4.39 Å². The smallest absolute Gasteiger partial charge is 0.238 e. The van der Waals surface area contributed by atoms with Crippen molar-refractivity contribution in [2.24, 2.45) is 0 Å². The van der Waals surface area contributed by atoms with Crippen LogP contribution in [0, 0.1) is 5.82 Å². The molecular weight excluding hydrogens is 451 g/mol. The lowest BCUT2D eigenvalue weighted by atomic mass is 10.1. The number of amides is 1. The van der Waals surface area contributed by atoms with E-state index in [1.54, 1.807) is 18.2 Å². The third-order valence-electron chi connectivity index (χ3n) is 6.46. The quantitative estimate of drug-likeness (QED) is 0.562. The van der Waals surface area contributed by atoms with Gasteiger partial charge in [0.2, 0.25) is 5.91 Å². The van der Waals surface area contributed by atoms with Crippen LogP contribution in [0.3, 0.4) is 0 Å². The fourth-order valence-corrected chi connectivity index (χ4v) is 4.54. The van der Waals surface area contributed by atoms with Crippen molar-refractivity contribution in [3.8, 4) is 5.75 Å². The number of aliphatic hydroxyl groups excluding tert-OH is 1. The number of rotatable bonds is 9. The van der Waals surface area contributed by atoms with Crippen LogP contribution in [-0.2, 0) is 9.53 Å². The van der Waals surface area contributed by atoms with Crippen LogP contribution in [0.4, 0.5) is 15.8 Å². The summed E-state index contributed by atoms with van der Waals surface area (Å²) in [6.07, 6.45) is -0.729. The minimum atomic E-state index is -0.729.